The lowest BCUT2D eigenvalue weighted by atomic mass is 10.2. The van der Waals surface area contributed by atoms with Crippen LogP contribution in [0.2, 0.25) is 0 Å². The van der Waals surface area contributed by atoms with Crippen molar-refractivity contribution in [2.45, 2.75) is 25.1 Å². The number of carbonyl (C=O) groups is 1. The third-order valence-corrected chi connectivity index (χ3v) is 2.77. The predicted molar refractivity (Wildman–Crippen MR) is 62.5 cm³/mol. The van der Waals surface area contributed by atoms with Crippen molar-refractivity contribution < 1.29 is 22.8 Å². The lowest BCUT2D eigenvalue weighted by Gasteiger charge is -2.23. The van der Waals surface area contributed by atoms with Crippen molar-refractivity contribution in [3.63, 3.8) is 0 Å². The summed E-state index contributed by atoms with van der Waals surface area (Å²) >= 11 is 0. The number of hydrogen-bond donors (Lipinski definition) is 1. The Kier molecular flexibility index (Phi) is 4.38. The first-order valence-electron chi connectivity index (χ1n) is 5.99. The van der Waals surface area contributed by atoms with E-state index in [4.69, 9.17) is 0 Å². The topological polar surface area (TPSA) is 67.3 Å². The molecule has 1 unspecified atom stereocenters. The monoisotopic (exact) mass is 290 g/mol. The summed E-state index contributed by atoms with van der Waals surface area (Å²) in [4.78, 5) is 25.7. The van der Waals surface area contributed by atoms with Crippen molar-refractivity contribution in [3.8, 4) is 0 Å². The van der Waals surface area contributed by atoms with Crippen molar-refractivity contribution in [2.24, 2.45) is 0 Å². The lowest BCUT2D eigenvalue weighted by molar-refractivity contribution is -0.192. The highest BCUT2D eigenvalue weighted by Gasteiger charge is 2.34. The zero-order valence-corrected chi connectivity index (χ0v) is 10.4. The molecule has 1 fully saturated rings. The number of halogens is 3. The van der Waals surface area contributed by atoms with Crippen LogP contribution in [0.4, 0.5) is 19.1 Å². The molecular formula is C11H13F3N4O2. The van der Waals surface area contributed by atoms with Crippen LogP contribution in [-0.2, 0) is 9.63 Å². The van der Waals surface area contributed by atoms with E-state index in [1.165, 1.54) is 12.4 Å². The van der Waals surface area contributed by atoms with Gasteiger partial charge in [0.05, 0.1) is 0 Å². The van der Waals surface area contributed by atoms with Crippen molar-refractivity contribution >= 4 is 11.9 Å². The van der Waals surface area contributed by atoms with E-state index in [-0.39, 0.29) is 0 Å². The van der Waals surface area contributed by atoms with Crippen LogP contribution in [0.3, 0.4) is 0 Å². The molecule has 0 saturated carbocycles. The predicted octanol–water partition coefficient (Wildman–Crippen LogP) is 1.06. The maximum Gasteiger partial charge on any atom is 0.414 e. The summed E-state index contributed by atoms with van der Waals surface area (Å²) in [5, 5.41) is 0. The molecule has 0 aliphatic carbocycles. The highest BCUT2D eigenvalue weighted by atomic mass is 19.4. The number of hydroxylamine groups is 1. The van der Waals surface area contributed by atoms with Crippen LogP contribution in [0, 0.1) is 0 Å². The molecule has 2 rings (SSSR count). The molecule has 6 nitrogen and oxygen atoms in total. The number of amides is 1. The molecule has 110 valence electrons. The van der Waals surface area contributed by atoms with Crippen LogP contribution in [0.1, 0.15) is 12.8 Å². The minimum Gasteiger partial charge on any atom is -0.329 e. The Labute approximate surface area is 112 Å². The molecule has 1 amide bonds. The van der Waals surface area contributed by atoms with Gasteiger partial charge in [-0.05, 0) is 18.9 Å². The first kappa shape index (κ1) is 14.5. The minimum atomic E-state index is -4.48. The third kappa shape index (κ3) is 3.80. The smallest absolute Gasteiger partial charge is 0.329 e. The van der Waals surface area contributed by atoms with Gasteiger partial charge in [0.25, 0.3) is 5.91 Å². The quantitative estimate of drug-likeness (QED) is 0.840. The Morgan fingerprint density at radius 2 is 2.15 bits per heavy atom. The fourth-order valence-corrected chi connectivity index (χ4v) is 1.98. The van der Waals surface area contributed by atoms with Gasteiger partial charge in [-0.1, -0.05) is 0 Å². The van der Waals surface area contributed by atoms with E-state index >= 15 is 0 Å². The van der Waals surface area contributed by atoms with Crippen LogP contribution < -0.4 is 10.4 Å². The Balaban J connectivity index is 1.92. The summed E-state index contributed by atoms with van der Waals surface area (Å²) in [5.41, 5.74) is 1.82. The van der Waals surface area contributed by atoms with Gasteiger partial charge in [-0.15, -0.1) is 0 Å². The Hall–Kier alpha value is -1.90. The van der Waals surface area contributed by atoms with Gasteiger partial charge in [0.1, 0.15) is 6.04 Å². The Morgan fingerprint density at radius 1 is 1.45 bits per heavy atom. The van der Waals surface area contributed by atoms with E-state index in [1.807, 2.05) is 5.48 Å². The number of anilines is 1. The fraction of sp³-hybridized carbons (Fsp3) is 0.545. The Bertz CT molecular complexity index is 455. The molecule has 1 aliphatic rings. The van der Waals surface area contributed by atoms with Crippen molar-refractivity contribution in [1.29, 1.82) is 0 Å². The number of carbonyl (C=O) groups excluding carboxylic acids is 1. The van der Waals surface area contributed by atoms with Gasteiger partial charge >= 0.3 is 6.18 Å². The molecule has 1 atom stereocenters. The molecule has 20 heavy (non-hydrogen) atoms. The summed E-state index contributed by atoms with van der Waals surface area (Å²) in [7, 11) is 0. The molecule has 1 N–H and O–H groups in total. The molecule has 9 heteroatoms. The summed E-state index contributed by atoms with van der Waals surface area (Å²) in [6, 6.07) is 1.02. The average Bonchev–Trinajstić information content (AvgIpc) is 2.87. The molecule has 0 bridgehead atoms. The lowest BCUT2D eigenvalue weighted by Crippen LogP contribution is -2.44. The van der Waals surface area contributed by atoms with Gasteiger partial charge < -0.3 is 4.90 Å². The van der Waals surface area contributed by atoms with Crippen LogP contribution in [0.15, 0.2) is 18.5 Å². The second-order valence-electron chi connectivity index (χ2n) is 4.27. The summed E-state index contributed by atoms with van der Waals surface area (Å²) in [6.45, 7) is -0.950. The largest absolute Gasteiger partial charge is 0.414 e. The van der Waals surface area contributed by atoms with Gasteiger partial charge in [-0.3, -0.25) is 9.63 Å². The molecule has 0 aromatic carbocycles. The zero-order chi connectivity index (χ0) is 14.6. The summed E-state index contributed by atoms with van der Waals surface area (Å²) in [5.74, 6) is -0.250. The zero-order valence-electron chi connectivity index (χ0n) is 10.4. The molecule has 1 aromatic rings. The van der Waals surface area contributed by atoms with E-state index in [2.05, 4.69) is 14.8 Å². The maximum absolute atomic E-state index is 11.9. The number of alkyl halides is 3. The van der Waals surface area contributed by atoms with Gasteiger partial charge in [0.15, 0.2) is 6.61 Å². The normalized spacial score (nSPS) is 19.1. The van der Waals surface area contributed by atoms with Crippen LogP contribution >= 0.6 is 0 Å². The Morgan fingerprint density at radius 3 is 2.80 bits per heavy atom. The number of nitrogens with one attached hydrogen (secondary N) is 1. The van der Waals surface area contributed by atoms with Gasteiger partial charge in [-0.25, -0.2) is 15.4 Å². The van der Waals surface area contributed by atoms with Gasteiger partial charge in [0, 0.05) is 18.9 Å². The maximum atomic E-state index is 11.9. The molecule has 1 saturated heterocycles. The number of rotatable bonds is 4. The molecular weight excluding hydrogens is 277 g/mol. The number of aromatic nitrogens is 2. The van der Waals surface area contributed by atoms with E-state index in [0.29, 0.717) is 18.9 Å². The van der Waals surface area contributed by atoms with Gasteiger partial charge in [0.2, 0.25) is 5.95 Å². The van der Waals surface area contributed by atoms with Crippen molar-refractivity contribution in [1.82, 2.24) is 15.4 Å². The number of nitrogens with zero attached hydrogens (tertiary/aromatic N) is 3. The van der Waals surface area contributed by atoms with Crippen LogP contribution in [0.25, 0.3) is 0 Å². The number of hydrogen-bond acceptors (Lipinski definition) is 5. The second-order valence-corrected chi connectivity index (χ2v) is 4.27. The fourth-order valence-electron chi connectivity index (χ4n) is 1.98. The second kappa shape index (κ2) is 6.04. The van der Waals surface area contributed by atoms with Crippen molar-refractivity contribution in [3.05, 3.63) is 18.5 Å². The molecule has 0 radical (unpaired) electrons. The standard InChI is InChI=1S/C11H13F3N4O2/c12-11(13,14)7-20-17-9(19)8-3-1-6-18(8)10-15-4-2-5-16-10/h2,4-5,8H,1,3,6-7H2,(H,17,19). The molecule has 2 heterocycles. The summed E-state index contributed by atoms with van der Waals surface area (Å²) in [6.07, 6.45) is -0.161. The third-order valence-electron chi connectivity index (χ3n) is 2.77. The highest BCUT2D eigenvalue weighted by Crippen LogP contribution is 2.22. The van der Waals surface area contributed by atoms with E-state index in [1.54, 1.807) is 11.0 Å². The summed E-state index contributed by atoms with van der Waals surface area (Å²) < 4.78 is 35.8. The first-order chi connectivity index (χ1) is 9.47. The highest BCUT2D eigenvalue weighted by molar-refractivity contribution is 5.84. The van der Waals surface area contributed by atoms with E-state index < -0.39 is 24.7 Å². The minimum absolute atomic E-state index is 0.376. The molecule has 1 aliphatic heterocycles. The first-order valence-corrected chi connectivity index (χ1v) is 5.99. The molecule has 0 spiro atoms. The van der Waals surface area contributed by atoms with Gasteiger partial charge in [-0.2, -0.15) is 13.2 Å². The molecule has 1 aromatic heterocycles. The van der Waals surface area contributed by atoms with Crippen LogP contribution in [0.5, 0.6) is 0 Å². The van der Waals surface area contributed by atoms with E-state index in [9.17, 15) is 18.0 Å². The van der Waals surface area contributed by atoms with Crippen LogP contribution in [-0.4, -0.2) is 41.2 Å². The SMILES string of the molecule is O=C(NOCC(F)(F)F)C1CCCN1c1ncccn1. The average molecular weight is 290 g/mol. The van der Waals surface area contributed by atoms with E-state index in [0.717, 1.165) is 6.42 Å². The van der Waals surface area contributed by atoms with Crippen molar-refractivity contribution in [2.75, 3.05) is 18.1 Å².